The molecule has 0 atom stereocenters. The topological polar surface area (TPSA) is 129 Å². The third-order valence-electron chi connectivity index (χ3n) is 7.45. The molecule has 44 heavy (non-hydrogen) atoms. The van der Waals surface area contributed by atoms with Crippen LogP contribution in [0, 0.1) is 11.6 Å². The van der Waals surface area contributed by atoms with E-state index in [1.165, 1.54) is 16.6 Å². The molecule has 0 unspecified atom stereocenters. The van der Waals surface area contributed by atoms with Gasteiger partial charge in [-0.15, -0.1) is 0 Å². The highest BCUT2D eigenvalue weighted by atomic mass is 32.2. The van der Waals surface area contributed by atoms with Gasteiger partial charge < -0.3 is 20.3 Å². The number of aromatic nitrogens is 2. The number of rotatable bonds is 8. The van der Waals surface area contributed by atoms with Crippen LogP contribution in [0.5, 0.6) is 0 Å². The lowest BCUT2D eigenvalue weighted by molar-refractivity contribution is 0.0216. The van der Waals surface area contributed by atoms with Crippen molar-refractivity contribution in [3.05, 3.63) is 30.0 Å². The molecule has 0 radical (unpaired) electrons. The average molecular weight is 636 g/mol. The molecule has 0 saturated carbocycles. The van der Waals surface area contributed by atoms with Crippen molar-refractivity contribution in [2.24, 2.45) is 4.99 Å². The van der Waals surface area contributed by atoms with E-state index in [4.69, 9.17) is 4.74 Å². The minimum absolute atomic E-state index is 0.0114. The van der Waals surface area contributed by atoms with Crippen molar-refractivity contribution >= 4 is 39.7 Å². The van der Waals surface area contributed by atoms with Crippen LogP contribution in [0.1, 0.15) is 67.2 Å². The molecule has 2 fully saturated rings. The molecule has 2 aliphatic rings. The largest absolute Gasteiger partial charge is 0.444 e. The number of sulfonamides is 1. The second-order valence-corrected chi connectivity index (χ2v) is 14.7. The van der Waals surface area contributed by atoms with E-state index in [9.17, 15) is 17.6 Å². The fourth-order valence-electron chi connectivity index (χ4n) is 5.37. The summed E-state index contributed by atoms with van der Waals surface area (Å²) in [6.45, 7) is 12.2. The lowest BCUT2D eigenvalue weighted by Gasteiger charge is -2.37. The highest BCUT2D eigenvalue weighted by Gasteiger charge is 2.38. The Bertz CT molecular complexity index is 1460. The van der Waals surface area contributed by atoms with E-state index in [-0.39, 0.29) is 35.0 Å². The molecule has 11 nitrogen and oxygen atoms in total. The summed E-state index contributed by atoms with van der Waals surface area (Å²) in [6, 6.07) is 2.67. The van der Waals surface area contributed by atoms with E-state index in [1.807, 2.05) is 13.8 Å². The molecular formula is C30H43F2N7O4S. The van der Waals surface area contributed by atoms with Crippen LogP contribution >= 0.6 is 0 Å². The molecule has 14 heteroatoms. The molecule has 242 valence electrons. The molecule has 1 aromatic carbocycles. The Morgan fingerprint density at radius 3 is 2.34 bits per heavy atom. The van der Waals surface area contributed by atoms with Gasteiger partial charge in [-0.2, -0.15) is 0 Å². The van der Waals surface area contributed by atoms with Crippen LogP contribution in [0.25, 0.3) is 11.3 Å². The predicted molar refractivity (Wildman–Crippen MR) is 168 cm³/mol. The van der Waals surface area contributed by atoms with E-state index in [2.05, 4.69) is 25.6 Å². The van der Waals surface area contributed by atoms with Gasteiger partial charge in [0.1, 0.15) is 17.0 Å². The van der Waals surface area contributed by atoms with Gasteiger partial charge in [0.25, 0.3) is 0 Å². The summed E-state index contributed by atoms with van der Waals surface area (Å²) in [5.74, 6) is -1.14. The van der Waals surface area contributed by atoms with Crippen LogP contribution in [0.3, 0.4) is 0 Å². The van der Waals surface area contributed by atoms with Gasteiger partial charge in [0.15, 0.2) is 11.6 Å². The maximum Gasteiger partial charge on any atom is 0.410 e. The molecule has 3 heterocycles. The van der Waals surface area contributed by atoms with Crippen molar-refractivity contribution in [1.29, 1.82) is 0 Å². The fourth-order valence-corrected chi connectivity index (χ4v) is 7.31. The lowest BCUT2D eigenvalue weighted by atomic mass is 10.1. The Labute approximate surface area is 258 Å². The first-order valence-electron chi connectivity index (χ1n) is 15.0. The Morgan fingerprint density at radius 2 is 1.75 bits per heavy atom. The highest BCUT2D eigenvalue weighted by Crippen LogP contribution is 2.35. The van der Waals surface area contributed by atoms with Crippen LogP contribution in [0.4, 0.5) is 30.9 Å². The van der Waals surface area contributed by atoms with Gasteiger partial charge in [-0.05, 0) is 79.4 Å². The van der Waals surface area contributed by atoms with Crippen molar-refractivity contribution in [2.75, 3.05) is 36.8 Å². The molecule has 2 saturated heterocycles. The van der Waals surface area contributed by atoms with E-state index < -0.39 is 38.6 Å². The zero-order chi connectivity index (χ0) is 32.2. The summed E-state index contributed by atoms with van der Waals surface area (Å²) in [5, 5.41) is 5.79. The molecule has 0 spiro atoms. The van der Waals surface area contributed by atoms with Gasteiger partial charge in [0.05, 0.1) is 17.1 Å². The van der Waals surface area contributed by atoms with Gasteiger partial charge >= 0.3 is 6.09 Å². The third-order valence-corrected chi connectivity index (χ3v) is 9.84. The second-order valence-electron chi connectivity index (χ2n) is 12.5. The van der Waals surface area contributed by atoms with Crippen LogP contribution in [0.15, 0.2) is 23.3 Å². The molecular weight excluding hydrogens is 592 g/mol. The Hall–Kier alpha value is -3.39. The number of aliphatic imine (C=N–C) groups is 1. The van der Waals surface area contributed by atoms with Crippen LogP contribution < -0.4 is 10.6 Å². The number of halogens is 2. The van der Waals surface area contributed by atoms with Gasteiger partial charge in [-0.3, -0.25) is 4.99 Å². The number of amides is 1. The maximum atomic E-state index is 15.0. The van der Waals surface area contributed by atoms with Crippen molar-refractivity contribution < 1.29 is 26.7 Å². The smallest absolute Gasteiger partial charge is 0.410 e. The molecule has 1 aromatic heterocycles. The molecule has 2 aromatic rings. The van der Waals surface area contributed by atoms with Gasteiger partial charge in [-0.1, -0.05) is 0 Å². The Kier molecular flexibility index (Phi) is 10.4. The van der Waals surface area contributed by atoms with Gasteiger partial charge in [0, 0.05) is 50.0 Å². The van der Waals surface area contributed by atoms with E-state index in [0.717, 1.165) is 6.20 Å². The highest BCUT2D eigenvalue weighted by molar-refractivity contribution is 7.89. The summed E-state index contributed by atoms with van der Waals surface area (Å²) in [7, 11) is -3.54. The normalized spacial score (nSPS) is 17.8. The van der Waals surface area contributed by atoms with Crippen molar-refractivity contribution in [3.63, 3.8) is 0 Å². The lowest BCUT2D eigenvalue weighted by Crippen LogP contribution is -2.50. The number of nitrogens with one attached hydrogen (secondary N) is 2. The summed E-state index contributed by atoms with van der Waals surface area (Å²) >= 11 is 0. The number of nitrogens with zero attached hydrogens (tertiary/aromatic N) is 5. The number of hydrogen-bond donors (Lipinski definition) is 2. The molecule has 4 rings (SSSR count). The minimum atomic E-state index is -3.54. The van der Waals surface area contributed by atoms with Gasteiger partial charge in [-0.25, -0.2) is 36.3 Å². The Morgan fingerprint density at radius 1 is 1.09 bits per heavy atom. The summed E-state index contributed by atoms with van der Waals surface area (Å²) in [6.07, 6.45) is 3.83. The Balaban J connectivity index is 1.39. The average Bonchev–Trinajstić information content (AvgIpc) is 2.95. The molecule has 2 N–H and O–H groups in total. The van der Waals surface area contributed by atoms with E-state index in [1.54, 1.807) is 38.7 Å². The summed E-state index contributed by atoms with van der Waals surface area (Å²) in [5.41, 5.74) is 0.124. The van der Waals surface area contributed by atoms with E-state index in [0.29, 0.717) is 57.5 Å². The van der Waals surface area contributed by atoms with Crippen molar-refractivity contribution in [3.8, 4) is 11.3 Å². The quantitative estimate of drug-likeness (QED) is 0.361. The number of piperidine rings is 2. The third kappa shape index (κ3) is 8.20. The van der Waals surface area contributed by atoms with Crippen LogP contribution in [-0.4, -0.2) is 89.0 Å². The first kappa shape index (κ1) is 33.5. The number of benzene rings is 1. The standard InChI is InChI=1S/C30H43F2N7O4S/c1-7-33-27-23(31)16-20(17-25(27)35-19(2)3)26-24(32)18-34-28(37-26)36-21-8-14-39(15-9-21)44(41,42)22-10-12-38(13-11-22)29(40)43-30(4,5)6/h7,16-19,21-22,35H,8-15H2,1-6H3,(H,34,36,37). The van der Waals surface area contributed by atoms with Gasteiger partial charge in [0.2, 0.25) is 16.0 Å². The zero-order valence-corrected chi connectivity index (χ0v) is 27.0. The molecule has 1 amide bonds. The number of anilines is 2. The number of carbonyl (C=O) groups is 1. The maximum absolute atomic E-state index is 15.0. The van der Waals surface area contributed by atoms with E-state index >= 15 is 4.39 Å². The monoisotopic (exact) mass is 635 g/mol. The molecule has 0 aliphatic carbocycles. The SMILES string of the molecule is CC=Nc1c(F)cc(-c2nc(NC3CCN(S(=O)(=O)C4CCN(C(=O)OC(C)(C)C)CC4)CC3)ncc2F)cc1NC(C)C. The van der Waals surface area contributed by atoms with Crippen LogP contribution in [0.2, 0.25) is 0 Å². The molecule has 2 aliphatic heterocycles. The number of likely N-dealkylation sites (tertiary alicyclic amines) is 1. The van der Waals surface area contributed by atoms with Crippen LogP contribution in [-0.2, 0) is 14.8 Å². The first-order chi connectivity index (χ1) is 20.7. The number of ether oxygens (including phenoxy) is 1. The first-order valence-corrected chi connectivity index (χ1v) is 16.5. The predicted octanol–water partition coefficient (Wildman–Crippen LogP) is 5.57. The van der Waals surface area contributed by atoms with Crippen molar-refractivity contribution in [2.45, 2.75) is 90.2 Å². The number of carbonyl (C=O) groups excluding carboxylic acids is 1. The number of hydrogen-bond acceptors (Lipinski definition) is 9. The summed E-state index contributed by atoms with van der Waals surface area (Å²) < 4.78 is 63.6. The second kappa shape index (κ2) is 13.7. The summed E-state index contributed by atoms with van der Waals surface area (Å²) in [4.78, 5) is 26.5. The fraction of sp³-hybridized carbons (Fsp3) is 0.600. The van der Waals surface area contributed by atoms with Crippen molar-refractivity contribution in [1.82, 2.24) is 19.2 Å². The zero-order valence-electron chi connectivity index (χ0n) is 26.2. The minimum Gasteiger partial charge on any atom is -0.444 e. The molecule has 0 bridgehead atoms.